The topological polar surface area (TPSA) is 74.2 Å². The summed E-state index contributed by atoms with van der Waals surface area (Å²) in [5, 5.41) is 3.22. The van der Waals surface area contributed by atoms with E-state index >= 15 is 0 Å². The third kappa shape index (κ3) is 4.43. The predicted molar refractivity (Wildman–Crippen MR) is 97.8 cm³/mol. The molecular formula is C18H24N6O. The molecule has 1 fully saturated rings. The van der Waals surface area contributed by atoms with Crippen LogP contribution in [0.15, 0.2) is 36.8 Å². The van der Waals surface area contributed by atoms with Gasteiger partial charge in [0, 0.05) is 51.3 Å². The van der Waals surface area contributed by atoms with E-state index in [9.17, 15) is 4.79 Å². The van der Waals surface area contributed by atoms with Gasteiger partial charge in [0.2, 0.25) is 5.95 Å². The Morgan fingerprint density at radius 2 is 1.96 bits per heavy atom. The molecule has 0 unspecified atom stereocenters. The van der Waals surface area contributed by atoms with E-state index in [1.807, 2.05) is 23.1 Å². The van der Waals surface area contributed by atoms with Crippen LogP contribution in [0.25, 0.3) is 0 Å². The summed E-state index contributed by atoms with van der Waals surface area (Å²) in [7, 11) is 0. The van der Waals surface area contributed by atoms with Gasteiger partial charge in [-0.1, -0.05) is 6.92 Å². The lowest BCUT2D eigenvalue weighted by atomic mass is 10.2. The summed E-state index contributed by atoms with van der Waals surface area (Å²) in [6.07, 6.45) is 7.08. The number of nitrogens with one attached hydrogen (secondary N) is 1. The second kappa shape index (κ2) is 8.41. The number of rotatable bonds is 5. The van der Waals surface area contributed by atoms with Crippen LogP contribution in [-0.2, 0) is 0 Å². The third-order valence-electron chi connectivity index (χ3n) is 4.18. The number of hydrogen-bond acceptors (Lipinski definition) is 6. The number of carbonyl (C=O) groups is 1. The van der Waals surface area contributed by atoms with Crippen molar-refractivity contribution in [1.82, 2.24) is 19.9 Å². The predicted octanol–water partition coefficient (Wildman–Crippen LogP) is 2.05. The first kappa shape index (κ1) is 17.1. The summed E-state index contributed by atoms with van der Waals surface area (Å²) in [5.74, 6) is 1.57. The molecule has 1 aliphatic rings. The summed E-state index contributed by atoms with van der Waals surface area (Å²) in [4.78, 5) is 29.7. The molecule has 3 rings (SSSR count). The van der Waals surface area contributed by atoms with E-state index in [0.29, 0.717) is 12.1 Å². The van der Waals surface area contributed by atoms with E-state index in [0.717, 1.165) is 50.8 Å². The van der Waals surface area contributed by atoms with Gasteiger partial charge in [-0.15, -0.1) is 0 Å². The van der Waals surface area contributed by atoms with Gasteiger partial charge >= 0.3 is 0 Å². The second-order valence-corrected chi connectivity index (χ2v) is 6.04. The average molecular weight is 340 g/mol. The zero-order valence-corrected chi connectivity index (χ0v) is 14.6. The molecule has 1 saturated heterocycles. The Kier molecular flexibility index (Phi) is 5.77. The van der Waals surface area contributed by atoms with Crippen molar-refractivity contribution in [3.8, 4) is 0 Å². The molecule has 0 saturated carbocycles. The maximum absolute atomic E-state index is 12.7. The SMILES string of the molecule is CCCNc1ccc(C(=O)N2CCCN(c3ncccn3)CC2)cn1. The molecule has 132 valence electrons. The van der Waals surface area contributed by atoms with E-state index in [1.54, 1.807) is 18.6 Å². The van der Waals surface area contributed by atoms with Gasteiger partial charge in [-0.3, -0.25) is 4.79 Å². The molecule has 25 heavy (non-hydrogen) atoms. The number of hydrogen-bond donors (Lipinski definition) is 1. The minimum absolute atomic E-state index is 0.0328. The van der Waals surface area contributed by atoms with Crippen LogP contribution in [0.4, 0.5) is 11.8 Å². The van der Waals surface area contributed by atoms with Gasteiger partial charge in [-0.2, -0.15) is 0 Å². The lowest BCUT2D eigenvalue weighted by Crippen LogP contribution is -2.35. The van der Waals surface area contributed by atoms with Crippen LogP contribution in [0.5, 0.6) is 0 Å². The zero-order valence-electron chi connectivity index (χ0n) is 14.6. The van der Waals surface area contributed by atoms with Crippen molar-refractivity contribution in [3.05, 3.63) is 42.4 Å². The van der Waals surface area contributed by atoms with Crippen LogP contribution < -0.4 is 10.2 Å². The standard InChI is InChI=1S/C18H24N6O/c1-2-7-19-16-6-5-15(14-22-16)17(25)23-10-4-11-24(13-12-23)18-20-8-3-9-21-18/h3,5-6,8-9,14H,2,4,7,10-13H2,1H3,(H,19,22). The monoisotopic (exact) mass is 340 g/mol. The van der Waals surface area contributed by atoms with Crippen molar-refractivity contribution in [2.45, 2.75) is 19.8 Å². The fraction of sp³-hybridized carbons (Fsp3) is 0.444. The van der Waals surface area contributed by atoms with E-state index in [1.165, 1.54) is 0 Å². The van der Waals surface area contributed by atoms with E-state index in [2.05, 4.69) is 32.1 Å². The van der Waals surface area contributed by atoms with Gasteiger partial charge in [0.25, 0.3) is 5.91 Å². The van der Waals surface area contributed by atoms with Gasteiger partial charge in [0.1, 0.15) is 5.82 Å². The molecular weight excluding hydrogens is 316 g/mol. The second-order valence-electron chi connectivity index (χ2n) is 6.04. The fourth-order valence-corrected chi connectivity index (χ4v) is 2.84. The van der Waals surface area contributed by atoms with Crippen LogP contribution in [0.1, 0.15) is 30.1 Å². The van der Waals surface area contributed by atoms with Gasteiger partial charge in [0.15, 0.2) is 0 Å². The quantitative estimate of drug-likeness (QED) is 0.898. The molecule has 0 bridgehead atoms. The van der Waals surface area contributed by atoms with Crippen LogP contribution in [0, 0.1) is 0 Å². The Balaban J connectivity index is 1.61. The average Bonchev–Trinajstić information content (AvgIpc) is 2.93. The number of aromatic nitrogens is 3. The number of pyridine rings is 1. The number of nitrogens with zero attached hydrogens (tertiary/aromatic N) is 5. The van der Waals surface area contributed by atoms with Gasteiger partial charge in [-0.25, -0.2) is 15.0 Å². The lowest BCUT2D eigenvalue weighted by molar-refractivity contribution is 0.0766. The first-order valence-corrected chi connectivity index (χ1v) is 8.79. The molecule has 3 heterocycles. The van der Waals surface area contributed by atoms with Crippen molar-refractivity contribution in [3.63, 3.8) is 0 Å². The van der Waals surface area contributed by atoms with Gasteiger partial charge in [-0.05, 0) is 31.0 Å². The van der Waals surface area contributed by atoms with Crippen LogP contribution in [0.3, 0.4) is 0 Å². The van der Waals surface area contributed by atoms with Crippen molar-refractivity contribution < 1.29 is 4.79 Å². The number of anilines is 2. The molecule has 1 aliphatic heterocycles. The maximum atomic E-state index is 12.7. The molecule has 2 aromatic heterocycles. The van der Waals surface area contributed by atoms with Crippen LogP contribution in [-0.4, -0.2) is 58.5 Å². The van der Waals surface area contributed by atoms with Crippen molar-refractivity contribution in [2.75, 3.05) is 42.9 Å². The summed E-state index contributed by atoms with van der Waals surface area (Å²) in [6.45, 7) is 5.97. The summed E-state index contributed by atoms with van der Waals surface area (Å²) in [6, 6.07) is 5.52. The zero-order chi connectivity index (χ0) is 17.5. The van der Waals surface area contributed by atoms with Gasteiger partial charge in [0.05, 0.1) is 5.56 Å². The fourth-order valence-electron chi connectivity index (χ4n) is 2.84. The highest BCUT2D eigenvalue weighted by Gasteiger charge is 2.21. The third-order valence-corrected chi connectivity index (χ3v) is 4.18. The highest BCUT2D eigenvalue weighted by atomic mass is 16.2. The molecule has 7 heteroatoms. The Bertz CT molecular complexity index is 676. The lowest BCUT2D eigenvalue weighted by Gasteiger charge is -2.22. The smallest absolute Gasteiger partial charge is 0.255 e. The molecule has 2 aromatic rings. The normalized spacial score (nSPS) is 14.9. The van der Waals surface area contributed by atoms with Crippen LogP contribution >= 0.6 is 0 Å². The molecule has 0 aromatic carbocycles. The van der Waals surface area contributed by atoms with Gasteiger partial charge < -0.3 is 15.1 Å². The summed E-state index contributed by atoms with van der Waals surface area (Å²) >= 11 is 0. The van der Waals surface area contributed by atoms with Crippen LogP contribution in [0.2, 0.25) is 0 Å². The minimum Gasteiger partial charge on any atom is -0.370 e. The van der Waals surface area contributed by atoms with Crippen molar-refractivity contribution in [1.29, 1.82) is 0 Å². The Morgan fingerprint density at radius 1 is 1.12 bits per heavy atom. The number of amides is 1. The summed E-state index contributed by atoms with van der Waals surface area (Å²) < 4.78 is 0. The highest BCUT2D eigenvalue weighted by molar-refractivity contribution is 5.94. The molecule has 7 nitrogen and oxygen atoms in total. The summed E-state index contributed by atoms with van der Waals surface area (Å²) in [5.41, 5.74) is 0.631. The first-order valence-electron chi connectivity index (χ1n) is 8.79. The van der Waals surface area contributed by atoms with Crippen molar-refractivity contribution >= 4 is 17.7 Å². The largest absolute Gasteiger partial charge is 0.370 e. The van der Waals surface area contributed by atoms with E-state index in [-0.39, 0.29) is 5.91 Å². The Labute approximate surface area is 148 Å². The molecule has 1 amide bonds. The molecule has 0 atom stereocenters. The molecule has 1 N–H and O–H groups in total. The number of carbonyl (C=O) groups excluding carboxylic acids is 1. The van der Waals surface area contributed by atoms with E-state index < -0.39 is 0 Å². The Morgan fingerprint density at radius 3 is 2.68 bits per heavy atom. The first-order chi connectivity index (χ1) is 12.3. The van der Waals surface area contributed by atoms with Crippen molar-refractivity contribution in [2.24, 2.45) is 0 Å². The Hall–Kier alpha value is -2.70. The molecule has 0 radical (unpaired) electrons. The molecule has 0 aliphatic carbocycles. The minimum atomic E-state index is 0.0328. The van der Waals surface area contributed by atoms with E-state index in [4.69, 9.17) is 0 Å². The molecule has 0 spiro atoms. The maximum Gasteiger partial charge on any atom is 0.255 e. The highest BCUT2D eigenvalue weighted by Crippen LogP contribution is 2.13.